The van der Waals surface area contributed by atoms with Crippen molar-refractivity contribution in [3.8, 4) is 0 Å². The fraction of sp³-hybridized carbons (Fsp3) is 0.250. The summed E-state index contributed by atoms with van der Waals surface area (Å²) in [6, 6.07) is 5.90. The molecular formula is C12H11NO2. The van der Waals surface area contributed by atoms with Gasteiger partial charge in [-0.3, -0.25) is 15.1 Å². The molecule has 0 aromatic heterocycles. The molecule has 15 heavy (non-hydrogen) atoms. The lowest BCUT2D eigenvalue weighted by molar-refractivity contribution is -0.117. The van der Waals surface area contributed by atoms with Crippen LogP contribution in [-0.2, 0) is 11.2 Å². The summed E-state index contributed by atoms with van der Waals surface area (Å²) in [7, 11) is 0. The first-order valence-corrected chi connectivity index (χ1v) is 5.03. The van der Waals surface area contributed by atoms with Gasteiger partial charge < -0.3 is 0 Å². The van der Waals surface area contributed by atoms with E-state index in [1.54, 1.807) is 6.20 Å². The molecule has 0 saturated carbocycles. The van der Waals surface area contributed by atoms with Crippen molar-refractivity contribution in [1.29, 1.82) is 0 Å². The molecule has 3 nitrogen and oxygen atoms in total. The Morgan fingerprint density at radius 3 is 3.00 bits per heavy atom. The zero-order chi connectivity index (χ0) is 10.4. The van der Waals surface area contributed by atoms with Gasteiger partial charge in [0.25, 0.3) is 0 Å². The van der Waals surface area contributed by atoms with Crippen LogP contribution in [0.4, 0.5) is 0 Å². The van der Waals surface area contributed by atoms with Gasteiger partial charge in [-0.2, -0.15) is 0 Å². The molecule has 1 aromatic carbocycles. The summed E-state index contributed by atoms with van der Waals surface area (Å²) < 4.78 is 0. The molecule has 3 rings (SSSR count). The zero-order valence-electron chi connectivity index (χ0n) is 8.23. The van der Waals surface area contributed by atoms with Crippen molar-refractivity contribution < 1.29 is 10.0 Å². The molecule has 1 aromatic rings. The van der Waals surface area contributed by atoms with E-state index in [-0.39, 0.29) is 5.78 Å². The highest BCUT2D eigenvalue weighted by atomic mass is 16.5. The number of hydrogen-bond acceptors (Lipinski definition) is 3. The van der Waals surface area contributed by atoms with Crippen LogP contribution in [0.3, 0.4) is 0 Å². The number of nitrogens with zero attached hydrogens (tertiary/aromatic N) is 1. The Bertz CT molecular complexity index is 559. The first kappa shape index (κ1) is 8.68. The number of hydroxylamine groups is 2. The third-order valence-corrected chi connectivity index (χ3v) is 2.98. The standard InChI is InChI=1S/C12H11NO2/c14-11-4-8-2-1-3-9-6-13(15)7-10(5-11)12(8)9/h1-3,6,15H,4-5,7H2. The highest BCUT2D eigenvalue weighted by Gasteiger charge is 2.20. The van der Waals surface area contributed by atoms with Gasteiger partial charge in [-0.25, -0.2) is 0 Å². The molecule has 0 atom stereocenters. The van der Waals surface area contributed by atoms with E-state index in [2.05, 4.69) is 0 Å². The summed E-state index contributed by atoms with van der Waals surface area (Å²) in [5.74, 6) is 0.241. The first-order valence-electron chi connectivity index (χ1n) is 5.03. The van der Waals surface area contributed by atoms with Crippen LogP contribution in [0.2, 0.25) is 0 Å². The van der Waals surface area contributed by atoms with Crippen LogP contribution >= 0.6 is 0 Å². The summed E-state index contributed by atoms with van der Waals surface area (Å²) in [6.07, 6.45) is 2.74. The third kappa shape index (κ3) is 1.27. The molecule has 3 heteroatoms. The normalized spacial score (nSPS) is 18.6. The van der Waals surface area contributed by atoms with Crippen molar-refractivity contribution in [2.24, 2.45) is 0 Å². The second-order valence-corrected chi connectivity index (χ2v) is 4.10. The Labute approximate surface area is 86.9 Å². The molecule has 0 saturated heterocycles. The fourth-order valence-electron chi connectivity index (χ4n) is 2.44. The molecule has 0 unspecified atom stereocenters. The second-order valence-electron chi connectivity index (χ2n) is 4.10. The van der Waals surface area contributed by atoms with Gasteiger partial charge in [-0.1, -0.05) is 18.2 Å². The summed E-state index contributed by atoms with van der Waals surface area (Å²) in [4.78, 5) is 11.5. The topological polar surface area (TPSA) is 40.5 Å². The van der Waals surface area contributed by atoms with Crippen LogP contribution in [-0.4, -0.2) is 22.6 Å². The number of benzene rings is 1. The SMILES string of the molecule is O=C1CC2=c3c(cccc3=CN(O)C2)C1. The van der Waals surface area contributed by atoms with E-state index in [0.29, 0.717) is 19.4 Å². The smallest absolute Gasteiger partial charge is 0.141 e. The Morgan fingerprint density at radius 1 is 1.27 bits per heavy atom. The Hall–Kier alpha value is -1.61. The molecule has 1 aliphatic carbocycles. The highest BCUT2D eigenvalue weighted by Crippen LogP contribution is 2.13. The van der Waals surface area contributed by atoms with Gasteiger partial charge >= 0.3 is 0 Å². The van der Waals surface area contributed by atoms with Crippen molar-refractivity contribution in [3.05, 3.63) is 34.2 Å². The molecule has 0 radical (unpaired) electrons. The van der Waals surface area contributed by atoms with Gasteiger partial charge in [-0.15, -0.1) is 0 Å². The van der Waals surface area contributed by atoms with Crippen molar-refractivity contribution in [2.45, 2.75) is 12.8 Å². The van der Waals surface area contributed by atoms with Crippen LogP contribution in [0.15, 0.2) is 18.2 Å². The van der Waals surface area contributed by atoms with Crippen LogP contribution in [0.25, 0.3) is 11.8 Å². The summed E-state index contributed by atoms with van der Waals surface area (Å²) in [5.41, 5.74) is 2.14. The minimum atomic E-state index is 0.241. The molecule has 0 spiro atoms. The predicted molar refractivity (Wildman–Crippen MR) is 55.4 cm³/mol. The fourth-order valence-corrected chi connectivity index (χ4v) is 2.44. The van der Waals surface area contributed by atoms with Gasteiger partial charge in [0.2, 0.25) is 0 Å². The molecule has 1 heterocycles. The molecule has 0 amide bonds. The first-order chi connectivity index (χ1) is 7.24. The molecule has 76 valence electrons. The number of hydrogen-bond donors (Lipinski definition) is 1. The van der Waals surface area contributed by atoms with Crippen molar-refractivity contribution in [2.75, 3.05) is 6.54 Å². The molecule has 0 bridgehead atoms. The summed E-state index contributed by atoms with van der Waals surface area (Å²) >= 11 is 0. The van der Waals surface area contributed by atoms with Crippen LogP contribution in [0, 0.1) is 0 Å². The Balaban J connectivity index is 2.41. The minimum absolute atomic E-state index is 0.241. The van der Waals surface area contributed by atoms with E-state index in [1.165, 1.54) is 5.22 Å². The van der Waals surface area contributed by atoms with E-state index < -0.39 is 0 Å². The number of ketones is 1. The number of Topliss-reactive ketones (excluding diaryl/α,β-unsaturated/α-hetero) is 1. The van der Waals surface area contributed by atoms with Gasteiger partial charge in [0.15, 0.2) is 0 Å². The quantitative estimate of drug-likeness (QED) is 0.631. The van der Waals surface area contributed by atoms with Crippen molar-refractivity contribution in [1.82, 2.24) is 5.06 Å². The molecule has 1 aliphatic heterocycles. The Kier molecular flexibility index (Phi) is 1.70. The van der Waals surface area contributed by atoms with E-state index in [0.717, 1.165) is 21.4 Å². The number of carbonyl (C=O) groups excluding carboxylic acids is 1. The van der Waals surface area contributed by atoms with Crippen LogP contribution in [0.5, 0.6) is 0 Å². The lowest BCUT2D eigenvalue weighted by Crippen LogP contribution is -2.43. The Morgan fingerprint density at radius 2 is 2.13 bits per heavy atom. The van der Waals surface area contributed by atoms with E-state index in [4.69, 9.17) is 0 Å². The predicted octanol–water partition coefficient (Wildman–Crippen LogP) is -0.205. The zero-order valence-corrected chi connectivity index (χ0v) is 8.23. The lowest BCUT2D eigenvalue weighted by Gasteiger charge is -2.23. The van der Waals surface area contributed by atoms with Gasteiger partial charge in [0.1, 0.15) is 5.78 Å². The average molecular weight is 201 g/mol. The van der Waals surface area contributed by atoms with Crippen molar-refractivity contribution in [3.63, 3.8) is 0 Å². The largest absolute Gasteiger partial charge is 0.299 e. The van der Waals surface area contributed by atoms with E-state index in [1.807, 2.05) is 18.2 Å². The summed E-state index contributed by atoms with van der Waals surface area (Å²) in [6.45, 7) is 0.454. The van der Waals surface area contributed by atoms with E-state index >= 15 is 0 Å². The van der Waals surface area contributed by atoms with E-state index in [9.17, 15) is 10.0 Å². The van der Waals surface area contributed by atoms with Gasteiger partial charge in [0, 0.05) is 24.3 Å². The second kappa shape index (κ2) is 2.94. The molecule has 1 N–H and O–H groups in total. The third-order valence-electron chi connectivity index (χ3n) is 2.98. The highest BCUT2D eigenvalue weighted by molar-refractivity contribution is 5.91. The lowest BCUT2D eigenvalue weighted by atomic mass is 9.90. The van der Waals surface area contributed by atoms with Gasteiger partial charge in [-0.05, 0) is 16.4 Å². The monoisotopic (exact) mass is 201 g/mol. The maximum atomic E-state index is 11.5. The average Bonchev–Trinajstić information content (AvgIpc) is 2.16. The minimum Gasteiger partial charge on any atom is -0.299 e. The maximum absolute atomic E-state index is 11.5. The summed E-state index contributed by atoms with van der Waals surface area (Å²) in [5, 5.41) is 12.9. The van der Waals surface area contributed by atoms with Crippen LogP contribution in [0.1, 0.15) is 12.0 Å². The number of rotatable bonds is 0. The molecule has 2 aliphatic rings. The molecular weight excluding hydrogens is 190 g/mol. The number of carbonyl (C=O) groups is 1. The maximum Gasteiger partial charge on any atom is 0.141 e. The van der Waals surface area contributed by atoms with Crippen LogP contribution < -0.4 is 10.4 Å². The van der Waals surface area contributed by atoms with Crippen molar-refractivity contribution >= 4 is 17.6 Å². The molecule has 0 fully saturated rings. The van der Waals surface area contributed by atoms with Gasteiger partial charge in [0.05, 0.1) is 6.54 Å².